The summed E-state index contributed by atoms with van der Waals surface area (Å²) in [6, 6.07) is 15.7. The second-order valence-corrected chi connectivity index (χ2v) is 6.61. The summed E-state index contributed by atoms with van der Waals surface area (Å²) in [5, 5.41) is 12.9. The lowest BCUT2D eigenvalue weighted by Gasteiger charge is -2.11. The Hall–Kier alpha value is -3.71. The molecule has 2 aromatic carbocycles. The van der Waals surface area contributed by atoms with Gasteiger partial charge in [-0.25, -0.2) is 15.0 Å². The zero-order valence-corrected chi connectivity index (χ0v) is 16.8. The number of aromatic nitrogens is 3. The molecule has 0 fully saturated rings. The van der Waals surface area contributed by atoms with E-state index in [1.807, 2.05) is 42.5 Å². The molecule has 0 saturated heterocycles. The average Bonchev–Trinajstić information content (AvgIpc) is 2.82. The highest BCUT2D eigenvalue weighted by Crippen LogP contribution is 2.35. The molecule has 30 heavy (non-hydrogen) atoms. The van der Waals surface area contributed by atoms with Crippen molar-refractivity contribution in [1.82, 2.24) is 15.0 Å². The summed E-state index contributed by atoms with van der Waals surface area (Å²) < 4.78 is 10.8. The highest BCUT2D eigenvalue weighted by Gasteiger charge is 2.12. The van der Waals surface area contributed by atoms with Crippen LogP contribution in [0.25, 0.3) is 33.3 Å². The van der Waals surface area contributed by atoms with Crippen LogP contribution in [-0.4, -0.2) is 47.4 Å². The van der Waals surface area contributed by atoms with E-state index >= 15 is 0 Å². The van der Waals surface area contributed by atoms with Crippen molar-refractivity contribution in [2.45, 2.75) is 0 Å². The van der Waals surface area contributed by atoms with E-state index in [4.69, 9.17) is 14.6 Å². The van der Waals surface area contributed by atoms with Gasteiger partial charge in [-0.15, -0.1) is 0 Å². The van der Waals surface area contributed by atoms with Crippen LogP contribution in [0.1, 0.15) is 0 Å². The van der Waals surface area contributed by atoms with Crippen LogP contribution in [0.15, 0.2) is 61.1 Å². The Bertz CT molecular complexity index is 1160. The third kappa shape index (κ3) is 3.88. The lowest BCUT2D eigenvalue weighted by Crippen LogP contribution is -2.06. The fraction of sp³-hybridized carbons (Fsp3) is 0.174. The number of hydrogen-bond acceptors (Lipinski definition) is 7. The molecule has 0 saturated carbocycles. The summed E-state index contributed by atoms with van der Waals surface area (Å²) in [5.74, 6) is 2.04. The Morgan fingerprint density at radius 3 is 2.37 bits per heavy atom. The normalized spacial score (nSPS) is 10.8. The fourth-order valence-corrected chi connectivity index (χ4v) is 3.30. The van der Waals surface area contributed by atoms with Crippen LogP contribution in [0, 0.1) is 0 Å². The number of anilines is 1. The van der Waals surface area contributed by atoms with Gasteiger partial charge in [0.15, 0.2) is 11.5 Å². The molecule has 152 valence electrons. The van der Waals surface area contributed by atoms with Crippen LogP contribution in [0.4, 0.5) is 5.82 Å². The Kier molecular flexibility index (Phi) is 5.72. The smallest absolute Gasteiger partial charge is 0.161 e. The molecule has 0 aliphatic rings. The number of hydrogen-bond donors (Lipinski definition) is 2. The summed E-state index contributed by atoms with van der Waals surface area (Å²) in [7, 11) is 3.23. The van der Waals surface area contributed by atoms with Gasteiger partial charge in [0, 0.05) is 29.3 Å². The Balaban J connectivity index is 1.76. The molecular weight excluding hydrogens is 380 g/mol. The van der Waals surface area contributed by atoms with Gasteiger partial charge in [0.05, 0.1) is 32.0 Å². The first kappa shape index (κ1) is 19.6. The van der Waals surface area contributed by atoms with Crippen LogP contribution in [0.2, 0.25) is 0 Å². The number of ether oxygens (including phenoxy) is 2. The van der Waals surface area contributed by atoms with Gasteiger partial charge in [0.2, 0.25) is 0 Å². The zero-order valence-electron chi connectivity index (χ0n) is 16.8. The van der Waals surface area contributed by atoms with Crippen molar-refractivity contribution in [2.24, 2.45) is 0 Å². The second-order valence-electron chi connectivity index (χ2n) is 6.61. The third-order valence-corrected chi connectivity index (χ3v) is 4.81. The Morgan fingerprint density at radius 1 is 0.833 bits per heavy atom. The maximum absolute atomic E-state index is 8.93. The zero-order chi connectivity index (χ0) is 20.9. The summed E-state index contributed by atoms with van der Waals surface area (Å²) in [5.41, 5.74) is 4.58. The molecule has 4 aromatic rings. The molecule has 4 rings (SSSR count). The summed E-state index contributed by atoms with van der Waals surface area (Å²) in [6.45, 7) is 0.529. The number of aliphatic hydroxyl groups is 1. The molecule has 7 heteroatoms. The van der Waals surface area contributed by atoms with E-state index in [1.54, 1.807) is 26.7 Å². The highest BCUT2D eigenvalue weighted by atomic mass is 16.5. The molecule has 2 N–H and O–H groups in total. The highest BCUT2D eigenvalue weighted by molar-refractivity contribution is 5.95. The van der Waals surface area contributed by atoms with Crippen molar-refractivity contribution in [3.05, 3.63) is 61.1 Å². The number of methoxy groups -OCH3 is 2. The third-order valence-electron chi connectivity index (χ3n) is 4.81. The average molecular weight is 402 g/mol. The maximum atomic E-state index is 8.93. The van der Waals surface area contributed by atoms with Crippen molar-refractivity contribution >= 4 is 16.7 Å². The Labute approximate surface area is 174 Å². The quantitative estimate of drug-likeness (QED) is 0.486. The number of benzene rings is 2. The minimum Gasteiger partial charge on any atom is -0.493 e. The lowest BCUT2D eigenvalue weighted by molar-refractivity contribution is 0.311. The van der Waals surface area contributed by atoms with E-state index in [2.05, 4.69) is 26.3 Å². The number of rotatable bonds is 7. The van der Waals surface area contributed by atoms with E-state index in [9.17, 15) is 0 Å². The van der Waals surface area contributed by atoms with Crippen molar-refractivity contribution in [2.75, 3.05) is 32.7 Å². The van der Waals surface area contributed by atoms with Crippen molar-refractivity contribution in [3.63, 3.8) is 0 Å². The van der Waals surface area contributed by atoms with E-state index in [0.717, 1.165) is 39.1 Å². The van der Waals surface area contributed by atoms with Gasteiger partial charge in [-0.1, -0.05) is 6.07 Å². The first-order valence-corrected chi connectivity index (χ1v) is 9.52. The molecule has 7 nitrogen and oxygen atoms in total. The molecule has 0 amide bonds. The molecule has 0 bridgehead atoms. The van der Waals surface area contributed by atoms with Crippen LogP contribution in [0.5, 0.6) is 11.5 Å². The topological polar surface area (TPSA) is 89.4 Å². The number of nitrogens with one attached hydrogen (secondary N) is 1. The van der Waals surface area contributed by atoms with E-state index < -0.39 is 0 Å². The standard InChI is InChI=1S/C23H22N4O3/c1-29-20-7-4-16(12-21(20)30-2)23-18-11-15(3-6-19(18)26-14-27-23)17-5-8-22(25-13-17)24-9-10-28/h3-8,11-14,28H,9-10H2,1-2H3,(H,24,25). The van der Waals surface area contributed by atoms with E-state index in [-0.39, 0.29) is 6.61 Å². The lowest BCUT2D eigenvalue weighted by atomic mass is 10.0. The molecule has 2 heterocycles. The largest absolute Gasteiger partial charge is 0.493 e. The van der Waals surface area contributed by atoms with Gasteiger partial charge in [-0.05, 0) is 48.0 Å². The molecule has 0 unspecified atom stereocenters. The van der Waals surface area contributed by atoms with Crippen molar-refractivity contribution in [1.29, 1.82) is 0 Å². The summed E-state index contributed by atoms with van der Waals surface area (Å²) in [4.78, 5) is 13.4. The minimum atomic E-state index is 0.0625. The molecular formula is C23H22N4O3. The van der Waals surface area contributed by atoms with E-state index in [1.165, 1.54) is 0 Å². The Morgan fingerprint density at radius 2 is 1.63 bits per heavy atom. The number of pyridine rings is 1. The summed E-state index contributed by atoms with van der Waals surface area (Å²) in [6.07, 6.45) is 3.37. The maximum Gasteiger partial charge on any atom is 0.161 e. The van der Waals surface area contributed by atoms with Crippen LogP contribution in [-0.2, 0) is 0 Å². The number of aliphatic hydroxyl groups excluding tert-OH is 1. The summed E-state index contributed by atoms with van der Waals surface area (Å²) >= 11 is 0. The predicted molar refractivity (Wildman–Crippen MR) is 117 cm³/mol. The molecule has 0 radical (unpaired) electrons. The monoisotopic (exact) mass is 402 g/mol. The van der Waals surface area contributed by atoms with Gasteiger partial charge < -0.3 is 19.9 Å². The van der Waals surface area contributed by atoms with Gasteiger partial charge >= 0.3 is 0 Å². The van der Waals surface area contributed by atoms with Crippen LogP contribution < -0.4 is 14.8 Å². The van der Waals surface area contributed by atoms with Crippen molar-refractivity contribution in [3.8, 4) is 33.9 Å². The van der Waals surface area contributed by atoms with Gasteiger partial charge in [0.25, 0.3) is 0 Å². The SMILES string of the molecule is COc1ccc(-c2ncnc3ccc(-c4ccc(NCCO)nc4)cc23)cc1OC. The molecule has 0 atom stereocenters. The molecule has 0 aliphatic heterocycles. The van der Waals surface area contributed by atoms with E-state index in [0.29, 0.717) is 18.0 Å². The first-order valence-electron chi connectivity index (χ1n) is 9.52. The fourth-order valence-electron chi connectivity index (χ4n) is 3.30. The van der Waals surface area contributed by atoms with Crippen molar-refractivity contribution < 1.29 is 14.6 Å². The van der Waals surface area contributed by atoms with Gasteiger partial charge in [-0.3, -0.25) is 0 Å². The molecule has 0 spiro atoms. The molecule has 0 aliphatic carbocycles. The van der Waals surface area contributed by atoms with Gasteiger partial charge in [-0.2, -0.15) is 0 Å². The number of fused-ring (bicyclic) bond motifs is 1. The van der Waals surface area contributed by atoms with Crippen LogP contribution >= 0.6 is 0 Å². The molecule has 2 aromatic heterocycles. The number of nitrogens with zero attached hydrogens (tertiary/aromatic N) is 3. The first-order chi connectivity index (χ1) is 14.7. The second kappa shape index (κ2) is 8.75. The predicted octanol–water partition coefficient (Wildman–Crippen LogP) is 3.78. The van der Waals surface area contributed by atoms with Crippen LogP contribution in [0.3, 0.4) is 0 Å². The van der Waals surface area contributed by atoms with Gasteiger partial charge in [0.1, 0.15) is 12.1 Å². The minimum absolute atomic E-state index is 0.0625.